The number of benzene rings is 2. The number of hydrogen-bond donors (Lipinski definition) is 1. The molecule has 0 aliphatic rings. The molecule has 0 saturated carbocycles. The van der Waals surface area contributed by atoms with Gasteiger partial charge in [-0.2, -0.15) is 0 Å². The SMILES string of the molecule is CN(C(=S)Nc1ccccc1)c1ccccc1F. The normalized spacial score (nSPS) is 9.89. The van der Waals surface area contributed by atoms with Gasteiger partial charge < -0.3 is 10.2 Å². The molecular weight excluding hydrogens is 247 g/mol. The smallest absolute Gasteiger partial charge is 0.177 e. The van der Waals surface area contributed by atoms with Gasteiger partial charge >= 0.3 is 0 Å². The molecule has 0 saturated heterocycles. The van der Waals surface area contributed by atoms with Crippen molar-refractivity contribution in [1.82, 2.24) is 0 Å². The van der Waals surface area contributed by atoms with Crippen molar-refractivity contribution in [2.45, 2.75) is 0 Å². The first-order valence-corrected chi connectivity index (χ1v) is 5.93. The van der Waals surface area contributed by atoms with Crippen molar-refractivity contribution in [3.05, 3.63) is 60.4 Å². The predicted octanol–water partition coefficient (Wildman–Crippen LogP) is 3.66. The second-order valence-electron chi connectivity index (χ2n) is 3.81. The van der Waals surface area contributed by atoms with E-state index in [-0.39, 0.29) is 5.82 Å². The third kappa shape index (κ3) is 2.84. The molecule has 0 aliphatic heterocycles. The van der Waals surface area contributed by atoms with Crippen LogP contribution in [0.2, 0.25) is 0 Å². The highest BCUT2D eigenvalue weighted by Gasteiger charge is 2.10. The van der Waals surface area contributed by atoms with E-state index in [4.69, 9.17) is 12.2 Å². The average molecular weight is 260 g/mol. The van der Waals surface area contributed by atoms with E-state index in [9.17, 15) is 4.39 Å². The zero-order valence-corrected chi connectivity index (χ0v) is 10.7. The maximum atomic E-state index is 13.6. The minimum Gasteiger partial charge on any atom is -0.332 e. The van der Waals surface area contributed by atoms with Gasteiger partial charge in [0.2, 0.25) is 0 Å². The number of hydrogen-bond acceptors (Lipinski definition) is 1. The van der Waals surface area contributed by atoms with E-state index in [0.717, 1.165) is 5.69 Å². The summed E-state index contributed by atoms with van der Waals surface area (Å²) in [4.78, 5) is 1.61. The first kappa shape index (κ1) is 12.5. The number of anilines is 2. The highest BCUT2D eigenvalue weighted by Crippen LogP contribution is 2.18. The van der Waals surface area contributed by atoms with E-state index in [2.05, 4.69) is 5.32 Å². The van der Waals surface area contributed by atoms with Crippen LogP contribution in [0.25, 0.3) is 0 Å². The van der Waals surface area contributed by atoms with E-state index in [1.54, 1.807) is 30.1 Å². The Bertz CT molecular complexity index is 543. The van der Waals surface area contributed by atoms with Gasteiger partial charge in [0.1, 0.15) is 5.82 Å². The van der Waals surface area contributed by atoms with Crippen molar-refractivity contribution in [1.29, 1.82) is 0 Å². The second-order valence-corrected chi connectivity index (χ2v) is 4.19. The third-order valence-corrected chi connectivity index (χ3v) is 2.92. The Balaban J connectivity index is 2.13. The minimum atomic E-state index is -0.294. The van der Waals surface area contributed by atoms with Crippen molar-refractivity contribution >= 4 is 28.7 Å². The quantitative estimate of drug-likeness (QED) is 0.830. The highest BCUT2D eigenvalue weighted by atomic mass is 32.1. The summed E-state index contributed by atoms with van der Waals surface area (Å²) in [7, 11) is 1.73. The molecule has 0 aliphatic carbocycles. The molecule has 18 heavy (non-hydrogen) atoms. The number of para-hydroxylation sites is 2. The molecule has 2 aromatic rings. The Morgan fingerprint density at radius 1 is 1.06 bits per heavy atom. The standard InChI is InChI=1S/C14H13FN2S/c1-17(13-10-6-5-9-12(13)15)14(18)16-11-7-3-2-4-8-11/h2-10H,1H3,(H,16,18). The molecule has 0 spiro atoms. The Labute approximate surface area is 111 Å². The molecule has 2 aromatic carbocycles. The Kier molecular flexibility index (Phi) is 3.89. The molecule has 0 unspecified atom stereocenters. The van der Waals surface area contributed by atoms with Crippen LogP contribution in [0.1, 0.15) is 0 Å². The summed E-state index contributed by atoms with van der Waals surface area (Å²) in [5, 5.41) is 3.51. The van der Waals surface area contributed by atoms with Crippen LogP contribution in [-0.2, 0) is 0 Å². The topological polar surface area (TPSA) is 15.3 Å². The van der Waals surface area contributed by atoms with E-state index >= 15 is 0 Å². The van der Waals surface area contributed by atoms with Crippen LogP contribution in [0.5, 0.6) is 0 Å². The van der Waals surface area contributed by atoms with Crippen LogP contribution in [0.4, 0.5) is 15.8 Å². The fraction of sp³-hybridized carbons (Fsp3) is 0.0714. The van der Waals surface area contributed by atoms with Gasteiger partial charge in [-0.05, 0) is 36.5 Å². The molecule has 0 bridgehead atoms. The molecular formula is C14H13FN2S. The molecule has 2 rings (SSSR count). The van der Waals surface area contributed by atoms with Gasteiger partial charge in [0.15, 0.2) is 5.11 Å². The first-order chi connectivity index (χ1) is 8.68. The lowest BCUT2D eigenvalue weighted by Gasteiger charge is -2.21. The Morgan fingerprint density at radius 2 is 1.67 bits per heavy atom. The van der Waals surface area contributed by atoms with Crippen LogP contribution in [0.15, 0.2) is 54.6 Å². The average Bonchev–Trinajstić information content (AvgIpc) is 2.39. The van der Waals surface area contributed by atoms with Gasteiger partial charge in [0, 0.05) is 12.7 Å². The number of nitrogens with zero attached hydrogens (tertiary/aromatic N) is 1. The van der Waals surface area contributed by atoms with Crippen LogP contribution >= 0.6 is 12.2 Å². The largest absolute Gasteiger partial charge is 0.332 e. The van der Waals surface area contributed by atoms with E-state index < -0.39 is 0 Å². The molecule has 0 amide bonds. The lowest BCUT2D eigenvalue weighted by molar-refractivity contribution is 0.628. The summed E-state index contributed by atoms with van der Waals surface area (Å²) < 4.78 is 13.6. The number of halogens is 1. The van der Waals surface area contributed by atoms with Crippen LogP contribution in [-0.4, -0.2) is 12.2 Å². The van der Waals surface area contributed by atoms with Crippen molar-refractivity contribution < 1.29 is 4.39 Å². The van der Waals surface area contributed by atoms with Gasteiger partial charge in [-0.1, -0.05) is 30.3 Å². The first-order valence-electron chi connectivity index (χ1n) is 5.53. The van der Waals surface area contributed by atoms with E-state index in [0.29, 0.717) is 10.8 Å². The third-order valence-electron chi connectivity index (χ3n) is 2.54. The van der Waals surface area contributed by atoms with Gasteiger partial charge in [-0.25, -0.2) is 4.39 Å². The molecule has 0 radical (unpaired) electrons. The van der Waals surface area contributed by atoms with Gasteiger partial charge in [-0.15, -0.1) is 0 Å². The van der Waals surface area contributed by atoms with Gasteiger partial charge in [-0.3, -0.25) is 0 Å². The number of thiocarbonyl (C=S) groups is 1. The summed E-state index contributed by atoms with van der Waals surface area (Å²) in [6, 6.07) is 16.1. The molecule has 0 fully saturated rings. The maximum absolute atomic E-state index is 13.6. The second kappa shape index (κ2) is 5.60. The molecule has 0 aromatic heterocycles. The molecule has 1 N–H and O–H groups in total. The van der Waals surface area contributed by atoms with Gasteiger partial charge in [0.25, 0.3) is 0 Å². The predicted molar refractivity (Wildman–Crippen MR) is 77.5 cm³/mol. The van der Waals surface area contributed by atoms with Crippen LogP contribution in [0, 0.1) is 5.82 Å². The monoisotopic (exact) mass is 260 g/mol. The summed E-state index contributed by atoms with van der Waals surface area (Å²) >= 11 is 5.25. The van der Waals surface area contributed by atoms with Crippen molar-refractivity contribution in [3.8, 4) is 0 Å². The van der Waals surface area contributed by atoms with Crippen LogP contribution in [0.3, 0.4) is 0 Å². The lowest BCUT2D eigenvalue weighted by Crippen LogP contribution is -2.31. The van der Waals surface area contributed by atoms with E-state index in [1.807, 2.05) is 30.3 Å². The maximum Gasteiger partial charge on any atom is 0.177 e. The lowest BCUT2D eigenvalue weighted by atomic mass is 10.3. The molecule has 4 heteroatoms. The van der Waals surface area contributed by atoms with Crippen molar-refractivity contribution in [2.75, 3.05) is 17.3 Å². The van der Waals surface area contributed by atoms with E-state index in [1.165, 1.54) is 6.07 Å². The fourth-order valence-corrected chi connectivity index (χ4v) is 1.78. The summed E-state index contributed by atoms with van der Waals surface area (Å²) in [6.45, 7) is 0. The fourth-order valence-electron chi connectivity index (χ4n) is 1.56. The molecule has 2 nitrogen and oxygen atoms in total. The number of rotatable bonds is 2. The summed E-state index contributed by atoms with van der Waals surface area (Å²) in [6.07, 6.45) is 0. The minimum absolute atomic E-state index is 0.294. The molecule has 0 heterocycles. The van der Waals surface area contributed by atoms with Gasteiger partial charge in [0.05, 0.1) is 5.69 Å². The zero-order valence-electron chi connectivity index (χ0n) is 9.93. The summed E-state index contributed by atoms with van der Waals surface area (Å²) in [5.74, 6) is -0.294. The Morgan fingerprint density at radius 3 is 2.33 bits per heavy atom. The highest BCUT2D eigenvalue weighted by molar-refractivity contribution is 7.80. The number of nitrogens with one attached hydrogen (secondary N) is 1. The van der Waals surface area contributed by atoms with Crippen LogP contribution < -0.4 is 10.2 Å². The molecule has 92 valence electrons. The van der Waals surface area contributed by atoms with Crippen molar-refractivity contribution in [2.24, 2.45) is 0 Å². The summed E-state index contributed by atoms with van der Waals surface area (Å²) in [5.41, 5.74) is 1.33. The molecule has 0 atom stereocenters. The van der Waals surface area contributed by atoms with Crippen molar-refractivity contribution in [3.63, 3.8) is 0 Å². The zero-order chi connectivity index (χ0) is 13.0. The Hall–Kier alpha value is -1.94.